The van der Waals surface area contributed by atoms with Gasteiger partial charge >= 0.3 is 0 Å². The first-order chi connectivity index (χ1) is 8.76. The van der Waals surface area contributed by atoms with E-state index in [-0.39, 0.29) is 0 Å². The molecule has 1 aromatic heterocycles. The molecule has 1 aromatic rings. The van der Waals surface area contributed by atoms with Gasteiger partial charge < -0.3 is 5.32 Å². The summed E-state index contributed by atoms with van der Waals surface area (Å²) in [5.74, 6) is 0. The summed E-state index contributed by atoms with van der Waals surface area (Å²) in [6.07, 6.45) is 9.40. The predicted molar refractivity (Wildman–Crippen MR) is 83.4 cm³/mol. The Labute approximate surface area is 117 Å². The van der Waals surface area contributed by atoms with Gasteiger partial charge in [0.15, 0.2) is 0 Å². The summed E-state index contributed by atoms with van der Waals surface area (Å²) in [7, 11) is 0. The molecular formula is C16H29NS. The van der Waals surface area contributed by atoms with E-state index >= 15 is 0 Å². The minimum absolute atomic E-state index is 0.652. The molecule has 0 aliphatic carbocycles. The molecule has 0 aliphatic rings. The zero-order valence-corrected chi connectivity index (χ0v) is 13.1. The number of hydrogen-bond acceptors (Lipinski definition) is 2. The molecule has 0 amide bonds. The van der Waals surface area contributed by atoms with E-state index in [1.807, 2.05) is 11.3 Å². The van der Waals surface area contributed by atoms with Crippen molar-refractivity contribution in [1.82, 2.24) is 5.32 Å². The molecule has 0 aliphatic heterocycles. The van der Waals surface area contributed by atoms with E-state index in [0.717, 1.165) is 13.0 Å². The maximum Gasteiger partial charge on any atom is 0.0302 e. The molecule has 1 heterocycles. The van der Waals surface area contributed by atoms with E-state index in [1.165, 1.54) is 48.3 Å². The molecule has 1 N–H and O–H groups in total. The zero-order chi connectivity index (χ0) is 13.2. The summed E-state index contributed by atoms with van der Waals surface area (Å²) in [4.78, 5) is 2.98. The van der Waals surface area contributed by atoms with Crippen LogP contribution in [0.1, 0.15) is 69.1 Å². The van der Waals surface area contributed by atoms with Crippen LogP contribution in [0.3, 0.4) is 0 Å². The highest BCUT2D eigenvalue weighted by molar-refractivity contribution is 7.11. The number of hydrogen-bond donors (Lipinski definition) is 1. The molecule has 0 fully saturated rings. The van der Waals surface area contributed by atoms with Crippen LogP contribution in [0, 0.1) is 0 Å². The fraction of sp³-hybridized carbons (Fsp3) is 0.750. The van der Waals surface area contributed by atoms with Gasteiger partial charge in [-0.05, 0) is 31.9 Å². The Morgan fingerprint density at radius 1 is 1.06 bits per heavy atom. The van der Waals surface area contributed by atoms with Crippen molar-refractivity contribution in [3.63, 3.8) is 0 Å². The van der Waals surface area contributed by atoms with Crippen molar-refractivity contribution in [2.45, 2.75) is 78.3 Å². The molecule has 0 saturated carbocycles. The van der Waals surface area contributed by atoms with Gasteiger partial charge in [-0.1, -0.05) is 46.0 Å². The lowest BCUT2D eigenvalue weighted by atomic mass is 10.1. The Kier molecular flexibility index (Phi) is 8.36. The van der Waals surface area contributed by atoms with Crippen molar-refractivity contribution in [2.75, 3.05) is 0 Å². The smallest absolute Gasteiger partial charge is 0.0302 e. The summed E-state index contributed by atoms with van der Waals surface area (Å²) in [6, 6.07) is 5.18. The maximum absolute atomic E-state index is 3.64. The summed E-state index contributed by atoms with van der Waals surface area (Å²) < 4.78 is 0. The first-order valence-corrected chi connectivity index (χ1v) is 8.38. The van der Waals surface area contributed by atoms with Gasteiger partial charge in [-0.15, -0.1) is 11.3 Å². The average molecular weight is 267 g/mol. The third-order valence-electron chi connectivity index (χ3n) is 3.43. The molecule has 1 nitrogen and oxygen atoms in total. The molecule has 0 spiro atoms. The van der Waals surface area contributed by atoms with Crippen LogP contribution in [0.4, 0.5) is 0 Å². The molecule has 0 saturated heterocycles. The molecule has 2 heteroatoms. The summed E-state index contributed by atoms with van der Waals surface area (Å²) in [6.45, 7) is 7.85. The monoisotopic (exact) mass is 267 g/mol. The number of aryl methyl sites for hydroxylation is 1. The molecule has 1 rings (SSSR count). The van der Waals surface area contributed by atoms with Gasteiger partial charge in [0.2, 0.25) is 0 Å². The molecule has 104 valence electrons. The molecule has 0 bridgehead atoms. The van der Waals surface area contributed by atoms with Gasteiger partial charge in [0.1, 0.15) is 0 Å². The second-order valence-electron chi connectivity index (χ2n) is 5.21. The minimum atomic E-state index is 0.652. The van der Waals surface area contributed by atoms with Crippen LogP contribution in [-0.2, 0) is 13.0 Å². The average Bonchev–Trinajstić information content (AvgIpc) is 2.84. The van der Waals surface area contributed by atoms with Gasteiger partial charge in [-0.2, -0.15) is 0 Å². The van der Waals surface area contributed by atoms with Gasteiger partial charge in [-0.25, -0.2) is 0 Å². The van der Waals surface area contributed by atoms with Crippen molar-refractivity contribution in [3.05, 3.63) is 21.9 Å². The van der Waals surface area contributed by atoms with Gasteiger partial charge in [0.05, 0.1) is 0 Å². The van der Waals surface area contributed by atoms with E-state index in [0.29, 0.717) is 6.04 Å². The standard InChI is InChI=1S/C16H29NS/c1-4-6-7-8-9-10-14(3)17-13-16-12-11-15(5-2)18-16/h11-12,14,17H,4-10,13H2,1-3H3. The fourth-order valence-corrected chi connectivity index (χ4v) is 3.05. The Balaban J connectivity index is 2.07. The summed E-state index contributed by atoms with van der Waals surface area (Å²) >= 11 is 1.95. The fourth-order valence-electron chi connectivity index (χ4n) is 2.14. The second-order valence-corrected chi connectivity index (χ2v) is 6.46. The highest BCUT2D eigenvalue weighted by atomic mass is 32.1. The van der Waals surface area contributed by atoms with E-state index in [9.17, 15) is 0 Å². The largest absolute Gasteiger partial charge is 0.309 e. The van der Waals surface area contributed by atoms with Crippen LogP contribution >= 0.6 is 11.3 Å². The van der Waals surface area contributed by atoms with Gasteiger partial charge in [-0.3, -0.25) is 0 Å². The Morgan fingerprint density at radius 2 is 1.78 bits per heavy atom. The first kappa shape index (κ1) is 15.7. The van der Waals surface area contributed by atoms with E-state index < -0.39 is 0 Å². The van der Waals surface area contributed by atoms with Crippen LogP contribution in [0.15, 0.2) is 12.1 Å². The van der Waals surface area contributed by atoms with E-state index in [2.05, 4.69) is 38.2 Å². The number of unbranched alkanes of at least 4 members (excludes halogenated alkanes) is 4. The first-order valence-electron chi connectivity index (χ1n) is 7.57. The second kappa shape index (κ2) is 9.57. The number of rotatable bonds is 10. The highest BCUT2D eigenvalue weighted by Gasteiger charge is 2.03. The Morgan fingerprint density at radius 3 is 2.44 bits per heavy atom. The van der Waals surface area contributed by atoms with Crippen LogP contribution in [0.2, 0.25) is 0 Å². The van der Waals surface area contributed by atoms with Gasteiger partial charge in [0, 0.05) is 22.3 Å². The molecule has 0 aromatic carbocycles. The highest BCUT2D eigenvalue weighted by Crippen LogP contribution is 2.17. The van der Waals surface area contributed by atoms with Crippen molar-refractivity contribution in [2.24, 2.45) is 0 Å². The summed E-state index contributed by atoms with van der Waals surface area (Å²) in [5, 5.41) is 3.64. The third kappa shape index (κ3) is 6.55. The van der Waals surface area contributed by atoms with Gasteiger partial charge in [0.25, 0.3) is 0 Å². The molecule has 18 heavy (non-hydrogen) atoms. The third-order valence-corrected chi connectivity index (χ3v) is 4.66. The van der Waals surface area contributed by atoms with Crippen LogP contribution < -0.4 is 5.32 Å². The molecule has 1 unspecified atom stereocenters. The van der Waals surface area contributed by atoms with Crippen molar-refractivity contribution in [1.29, 1.82) is 0 Å². The van der Waals surface area contributed by atoms with Crippen molar-refractivity contribution in [3.8, 4) is 0 Å². The summed E-state index contributed by atoms with van der Waals surface area (Å²) in [5.41, 5.74) is 0. The van der Waals surface area contributed by atoms with Crippen LogP contribution in [-0.4, -0.2) is 6.04 Å². The Hall–Kier alpha value is -0.340. The number of nitrogens with one attached hydrogen (secondary N) is 1. The van der Waals surface area contributed by atoms with Crippen molar-refractivity contribution < 1.29 is 0 Å². The lowest BCUT2D eigenvalue weighted by Gasteiger charge is -2.12. The topological polar surface area (TPSA) is 12.0 Å². The minimum Gasteiger partial charge on any atom is -0.309 e. The van der Waals surface area contributed by atoms with E-state index in [4.69, 9.17) is 0 Å². The van der Waals surface area contributed by atoms with Crippen LogP contribution in [0.25, 0.3) is 0 Å². The maximum atomic E-state index is 3.64. The Bertz CT molecular complexity index is 306. The van der Waals surface area contributed by atoms with E-state index in [1.54, 1.807) is 0 Å². The predicted octanol–water partition coefficient (Wildman–Crippen LogP) is 5.15. The normalized spacial score (nSPS) is 12.8. The quantitative estimate of drug-likeness (QED) is 0.578. The number of thiophene rings is 1. The lowest BCUT2D eigenvalue weighted by Crippen LogP contribution is -2.24. The zero-order valence-electron chi connectivity index (χ0n) is 12.3. The van der Waals surface area contributed by atoms with Crippen molar-refractivity contribution >= 4 is 11.3 Å². The molecule has 1 atom stereocenters. The SMILES string of the molecule is CCCCCCCC(C)NCc1ccc(CC)s1. The lowest BCUT2D eigenvalue weighted by molar-refractivity contribution is 0.481. The molecule has 0 radical (unpaired) electrons. The molecular weight excluding hydrogens is 238 g/mol. The van der Waals surface area contributed by atoms with Crippen LogP contribution in [0.5, 0.6) is 0 Å².